The summed E-state index contributed by atoms with van der Waals surface area (Å²) in [6.07, 6.45) is 1.72. The van der Waals surface area contributed by atoms with Gasteiger partial charge in [0.2, 0.25) is 0 Å². The highest BCUT2D eigenvalue weighted by atomic mass is 32.2. The van der Waals surface area contributed by atoms with Crippen LogP contribution in [0.25, 0.3) is 0 Å². The van der Waals surface area contributed by atoms with Gasteiger partial charge < -0.3 is 9.64 Å². The predicted octanol–water partition coefficient (Wildman–Crippen LogP) is 5.38. The number of nitrogens with zero attached hydrogens (tertiary/aromatic N) is 2. The second kappa shape index (κ2) is 8.54. The molecule has 1 aromatic rings. The minimum absolute atomic E-state index is 0.0136. The second-order valence-electron chi connectivity index (χ2n) is 6.77. The van der Waals surface area contributed by atoms with Gasteiger partial charge >= 0.3 is 6.36 Å². The van der Waals surface area contributed by atoms with E-state index in [0.29, 0.717) is 17.4 Å². The van der Waals surface area contributed by atoms with Crippen molar-refractivity contribution in [3.8, 4) is 5.75 Å². The van der Waals surface area contributed by atoms with Crippen molar-refractivity contribution in [3.05, 3.63) is 24.3 Å². The number of halogens is 3. The number of thioether (sulfide) groups is 1. The molecule has 2 unspecified atom stereocenters. The van der Waals surface area contributed by atoms with Crippen molar-refractivity contribution in [2.45, 2.75) is 57.1 Å². The molecule has 1 aromatic carbocycles. The zero-order chi connectivity index (χ0) is 19.4. The topological polar surface area (TPSA) is 41.9 Å². The maximum absolute atomic E-state index is 12.6. The average molecular weight is 400 g/mol. The summed E-state index contributed by atoms with van der Waals surface area (Å²) in [7, 11) is 0. The molecule has 2 aliphatic rings. The van der Waals surface area contributed by atoms with Crippen molar-refractivity contribution in [2.75, 3.05) is 11.4 Å². The Balaban J connectivity index is 1.78. The molecule has 3 rings (SSSR count). The van der Waals surface area contributed by atoms with Crippen LogP contribution in [0, 0.1) is 5.92 Å². The zero-order valence-electron chi connectivity index (χ0n) is 15.2. The van der Waals surface area contributed by atoms with Gasteiger partial charge in [0.05, 0.1) is 5.92 Å². The molecule has 27 heavy (non-hydrogen) atoms. The van der Waals surface area contributed by atoms with E-state index in [1.807, 2.05) is 11.8 Å². The summed E-state index contributed by atoms with van der Waals surface area (Å²) in [5, 5.41) is 0.862. The molecule has 0 spiro atoms. The van der Waals surface area contributed by atoms with Gasteiger partial charge in [-0.1, -0.05) is 37.4 Å². The van der Waals surface area contributed by atoms with E-state index >= 15 is 0 Å². The number of alkyl halides is 3. The number of carbonyl (C=O) groups excluding carboxylic acids is 1. The van der Waals surface area contributed by atoms with Crippen molar-refractivity contribution in [2.24, 2.45) is 10.9 Å². The number of amidine groups is 1. The summed E-state index contributed by atoms with van der Waals surface area (Å²) in [5.74, 6) is -0.344. The number of anilines is 1. The van der Waals surface area contributed by atoms with Crippen LogP contribution < -0.4 is 9.64 Å². The Labute approximate surface area is 161 Å². The van der Waals surface area contributed by atoms with Gasteiger partial charge in [0.15, 0.2) is 5.17 Å². The lowest BCUT2D eigenvalue weighted by Crippen LogP contribution is -2.39. The van der Waals surface area contributed by atoms with Crippen molar-refractivity contribution in [1.82, 2.24) is 0 Å². The maximum Gasteiger partial charge on any atom is 0.573 e. The average Bonchev–Trinajstić information content (AvgIpc) is 2.57. The van der Waals surface area contributed by atoms with Crippen LogP contribution in [0.4, 0.5) is 18.9 Å². The maximum atomic E-state index is 12.6. The SMILES string of the molecule is CCN(C1=NC(=O)C2CCCCCCC2S1)c1ccc(OC(F)(F)F)cc1. The fourth-order valence-corrected chi connectivity index (χ4v) is 5.07. The predicted molar refractivity (Wildman–Crippen MR) is 101 cm³/mol. The lowest BCUT2D eigenvalue weighted by molar-refractivity contribution is -0.274. The Morgan fingerprint density at radius 2 is 1.81 bits per heavy atom. The van der Waals surface area contributed by atoms with E-state index in [0.717, 1.165) is 25.7 Å². The normalized spacial score (nSPS) is 23.7. The summed E-state index contributed by atoms with van der Waals surface area (Å²) in [4.78, 5) is 18.8. The number of hydrogen-bond donors (Lipinski definition) is 0. The first-order chi connectivity index (χ1) is 12.9. The first-order valence-electron chi connectivity index (χ1n) is 9.30. The number of ether oxygens (including phenoxy) is 1. The lowest BCUT2D eigenvalue weighted by atomic mass is 9.90. The standard InChI is InChI=1S/C19H23F3N2O2S/c1-2-24(13-9-11-14(12-10-13)26-19(20,21)22)18-23-17(25)15-7-5-3-4-6-8-16(15)27-18/h9-12,15-16H,2-8H2,1H3. The molecule has 0 bridgehead atoms. The smallest absolute Gasteiger partial charge is 0.406 e. The molecular formula is C19H23F3N2O2S. The van der Waals surface area contributed by atoms with E-state index in [4.69, 9.17) is 0 Å². The zero-order valence-corrected chi connectivity index (χ0v) is 16.0. The Morgan fingerprint density at radius 3 is 2.44 bits per heavy atom. The molecule has 0 N–H and O–H groups in total. The largest absolute Gasteiger partial charge is 0.573 e. The molecule has 1 fully saturated rings. The van der Waals surface area contributed by atoms with Crippen LogP contribution in [0.15, 0.2) is 29.3 Å². The van der Waals surface area contributed by atoms with Crippen molar-refractivity contribution in [1.29, 1.82) is 0 Å². The van der Waals surface area contributed by atoms with Crippen LogP contribution in [-0.2, 0) is 4.79 Å². The molecule has 1 aliphatic heterocycles. The van der Waals surface area contributed by atoms with Gasteiger partial charge in [-0.3, -0.25) is 4.79 Å². The molecule has 8 heteroatoms. The van der Waals surface area contributed by atoms with Gasteiger partial charge in [-0.15, -0.1) is 13.2 Å². The van der Waals surface area contributed by atoms with Crippen LogP contribution >= 0.6 is 11.8 Å². The molecule has 4 nitrogen and oxygen atoms in total. The number of benzene rings is 1. The Morgan fingerprint density at radius 1 is 1.15 bits per heavy atom. The van der Waals surface area contributed by atoms with Gasteiger partial charge in [-0.2, -0.15) is 4.99 Å². The Bertz CT molecular complexity index is 691. The fourth-order valence-electron chi connectivity index (χ4n) is 3.59. The van der Waals surface area contributed by atoms with Crippen LogP contribution in [0.2, 0.25) is 0 Å². The van der Waals surface area contributed by atoms with E-state index in [9.17, 15) is 18.0 Å². The highest BCUT2D eigenvalue weighted by Crippen LogP contribution is 2.38. The number of fused-ring (bicyclic) bond motifs is 1. The Kier molecular flexibility index (Phi) is 6.34. The lowest BCUT2D eigenvalue weighted by Gasteiger charge is -2.34. The molecule has 0 radical (unpaired) electrons. The van der Waals surface area contributed by atoms with Gasteiger partial charge in [0, 0.05) is 17.5 Å². The number of amides is 1. The number of carbonyl (C=O) groups is 1. The molecule has 0 saturated heterocycles. The first-order valence-corrected chi connectivity index (χ1v) is 10.2. The van der Waals surface area contributed by atoms with Crippen molar-refractivity contribution < 1.29 is 22.7 Å². The molecule has 0 aromatic heterocycles. The van der Waals surface area contributed by atoms with Crippen molar-refractivity contribution >= 4 is 28.5 Å². The molecule has 1 aliphatic carbocycles. The third-order valence-electron chi connectivity index (χ3n) is 4.91. The van der Waals surface area contributed by atoms with Gasteiger partial charge in [0.1, 0.15) is 5.75 Å². The molecule has 148 valence electrons. The summed E-state index contributed by atoms with van der Waals surface area (Å²) < 4.78 is 40.9. The number of rotatable bonds is 3. The van der Waals surface area contributed by atoms with E-state index in [2.05, 4.69) is 9.73 Å². The van der Waals surface area contributed by atoms with Crippen molar-refractivity contribution in [3.63, 3.8) is 0 Å². The molecule has 1 saturated carbocycles. The summed E-state index contributed by atoms with van der Waals surface area (Å²) in [6, 6.07) is 5.67. The van der Waals surface area contributed by atoms with Gasteiger partial charge in [-0.05, 0) is 44.0 Å². The Hall–Kier alpha value is -1.70. The first kappa shape index (κ1) is 20.0. The fraction of sp³-hybridized carbons (Fsp3) is 0.579. The minimum Gasteiger partial charge on any atom is -0.406 e. The van der Waals surface area contributed by atoms with Crippen LogP contribution in [-0.4, -0.2) is 29.2 Å². The summed E-state index contributed by atoms with van der Waals surface area (Å²) in [6.45, 7) is 2.49. The van der Waals surface area contributed by atoms with Gasteiger partial charge in [0.25, 0.3) is 5.91 Å². The van der Waals surface area contributed by atoms with Crippen LogP contribution in [0.1, 0.15) is 45.4 Å². The second-order valence-corrected chi connectivity index (χ2v) is 7.98. The highest BCUT2D eigenvalue weighted by molar-refractivity contribution is 8.14. The molecule has 1 amide bonds. The number of aliphatic imine (C=N–C) groups is 1. The van der Waals surface area contributed by atoms with Gasteiger partial charge in [-0.25, -0.2) is 0 Å². The van der Waals surface area contributed by atoms with Crippen LogP contribution in [0.5, 0.6) is 5.75 Å². The van der Waals surface area contributed by atoms with E-state index in [-0.39, 0.29) is 22.8 Å². The van der Waals surface area contributed by atoms with E-state index < -0.39 is 6.36 Å². The summed E-state index contributed by atoms with van der Waals surface area (Å²) in [5.41, 5.74) is 0.690. The van der Waals surface area contributed by atoms with E-state index in [1.54, 1.807) is 23.9 Å². The molecule has 2 atom stereocenters. The third-order valence-corrected chi connectivity index (χ3v) is 6.30. The quantitative estimate of drug-likeness (QED) is 0.683. The van der Waals surface area contributed by atoms with Crippen LogP contribution in [0.3, 0.4) is 0 Å². The minimum atomic E-state index is -4.71. The molecular weight excluding hydrogens is 377 g/mol. The van der Waals surface area contributed by atoms with E-state index in [1.165, 1.54) is 25.0 Å². The highest BCUT2D eigenvalue weighted by Gasteiger charge is 2.36. The molecule has 1 heterocycles. The number of hydrogen-bond acceptors (Lipinski definition) is 4. The third kappa shape index (κ3) is 5.18. The monoisotopic (exact) mass is 400 g/mol. The summed E-state index contributed by atoms with van der Waals surface area (Å²) >= 11 is 1.63.